The van der Waals surface area contributed by atoms with E-state index in [2.05, 4.69) is 17.0 Å². The molecule has 3 aliphatic heterocycles. The maximum Gasteiger partial charge on any atom is 0.343 e. The Morgan fingerprint density at radius 3 is 2.87 bits per heavy atom. The Balaban J connectivity index is 1.78. The van der Waals surface area contributed by atoms with Crippen LogP contribution in [0.1, 0.15) is 36.9 Å². The molecule has 5 heteroatoms. The molecule has 0 N–H and O–H groups in total. The van der Waals surface area contributed by atoms with Gasteiger partial charge in [0.2, 0.25) is 0 Å². The maximum absolute atomic E-state index is 12.5. The van der Waals surface area contributed by atoms with E-state index in [9.17, 15) is 9.59 Å². The van der Waals surface area contributed by atoms with Crippen LogP contribution in [0.4, 0.5) is 0 Å². The largest absolute Gasteiger partial charge is 0.497 e. The van der Waals surface area contributed by atoms with Crippen LogP contribution in [0.3, 0.4) is 0 Å². The van der Waals surface area contributed by atoms with Crippen molar-refractivity contribution in [2.75, 3.05) is 13.7 Å². The quantitative estimate of drug-likeness (QED) is 0.587. The Kier molecular flexibility index (Phi) is 3.18. The molecule has 0 fully saturated rings. The van der Waals surface area contributed by atoms with Crippen LogP contribution in [0, 0.1) is 0 Å². The van der Waals surface area contributed by atoms with Crippen LogP contribution in [-0.2, 0) is 20.7 Å². The molecule has 0 saturated heterocycles. The normalized spacial score (nSPS) is 26.3. The summed E-state index contributed by atoms with van der Waals surface area (Å²) in [5.41, 5.74) is 3.55. The molecule has 3 heterocycles. The zero-order valence-electron chi connectivity index (χ0n) is 13.3. The zero-order valence-corrected chi connectivity index (χ0v) is 13.3. The van der Waals surface area contributed by atoms with E-state index in [1.54, 1.807) is 7.11 Å². The summed E-state index contributed by atoms with van der Waals surface area (Å²) in [7, 11) is 1.66. The van der Waals surface area contributed by atoms with Gasteiger partial charge in [-0.2, -0.15) is 0 Å². The number of ether oxygens (including phenoxy) is 2. The minimum Gasteiger partial charge on any atom is -0.497 e. The van der Waals surface area contributed by atoms with Crippen molar-refractivity contribution in [1.82, 2.24) is 4.90 Å². The number of methoxy groups -OCH3 is 1. The van der Waals surface area contributed by atoms with Crippen molar-refractivity contribution in [3.05, 3.63) is 40.6 Å². The first-order valence-corrected chi connectivity index (χ1v) is 7.99. The van der Waals surface area contributed by atoms with Crippen molar-refractivity contribution >= 4 is 11.8 Å². The highest BCUT2D eigenvalue weighted by molar-refractivity contribution is 6.19. The monoisotopic (exact) mass is 313 g/mol. The summed E-state index contributed by atoms with van der Waals surface area (Å²) in [4.78, 5) is 26.9. The molecule has 4 rings (SSSR count). The second kappa shape index (κ2) is 5.11. The molecule has 0 bridgehead atoms. The number of esters is 1. The van der Waals surface area contributed by atoms with Gasteiger partial charge < -0.3 is 14.4 Å². The molecule has 0 radical (unpaired) electrons. The molecule has 2 atom stereocenters. The molecule has 5 nitrogen and oxygen atoms in total. The molecule has 0 aliphatic carbocycles. The number of rotatable bonds is 1. The lowest BCUT2D eigenvalue weighted by Gasteiger charge is -2.45. The van der Waals surface area contributed by atoms with Gasteiger partial charge in [0.05, 0.1) is 13.2 Å². The Hall–Kier alpha value is -2.30. The van der Waals surface area contributed by atoms with Crippen molar-refractivity contribution in [2.45, 2.75) is 38.3 Å². The van der Waals surface area contributed by atoms with Crippen LogP contribution in [0.15, 0.2) is 29.5 Å². The molecule has 0 spiro atoms. The van der Waals surface area contributed by atoms with Crippen molar-refractivity contribution in [1.29, 1.82) is 0 Å². The summed E-state index contributed by atoms with van der Waals surface area (Å²) in [6.45, 7) is 2.69. The summed E-state index contributed by atoms with van der Waals surface area (Å²) in [5.74, 6) is 0.290. The second-order valence-electron chi connectivity index (χ2n) is 6.39. The lowest BCUT2D eigenvalue weighted by molar-refractivity contribution is -0.147. The van der Waals surface area contributed by atoms with Crippen molar-refractivity contribution in [3.8, 4) is 5.75 Å². The molecule has 1 aromatic carbocycles. The van der Waals surface area contributed by atoms with Crippen LogP contribution in [-0.4, -0.2) is 36.4 Å². The highest BCUT2D eigenvalue weighted by Crippen LogP contribution is 2.43. The van der Waals surface area contributed by atoms with Gasteiger partial charge in [0.1, 0.15) is 17.4 Å². The van der Waals surface area contributed by atoms with E-state index >= 15 is 0 Å². The Morgan fingerprint density at radius 2 is 2.09 bits per heavy atom. The lowest BCUT2D eigenvalue weighted by Crippen LogP contribution is -2.45. The van der Waals surface area contributed by atoms with E-state index in [1.807, 2.05) is 13.0 Å². The zero-order chi connectivity index (χ0) is 16.1. The minimum absolute atomic E-state index is 0.0222. The van der Waals surface area contributed by atoms with E-state index in [-0.39, 0.29) is 23.5 Å². The average molecular weight is 313 g/mol. The third-order valence-electron chi connectivity index (χ3n) is 4.99. The van der Waals surface area contributed by atoms with Crippen molar-refractivity contribution < 1.29 is 19.1 Å². The summed E-state index contributed by atoms with van der Waals surface area (Å²) in [5, 5.41) is 0. The van der Waals surface area contributed by atoms with Crippen LogP contribution in [0.2, 0.25) is 0 Å². The lowest BCUT2D eigenvalue weighted by atomic mass is 9.82. The van der Waals surface area contributed by atoms with Crippen molar-refractivity contribution in [3.63, 3.8) is 0 Å². The standard InChI is InChI=1S/C18H19NO4/c1-10-7-15-17(18(21)23-10)16(20)9-14-13-4-3-12(22-2)8-11(13)5-6-19(14)15/h3-4,8,10,14H,5-7,9H2,1-2H3/t10-,14+/m1/s1. The highest BCUT2D eigenvalue weighted by atomic mass is 16.5. The summed E-state index contributed by atoms with van der Waals surface area (Å²) >= 11 is 0. The van der Waals surface area contributed by atoms with Gasteiger partial charge in [-0.15, -0.1) is 0 Å². The van der Waals surface area contributed by atoms with Gasteiger partial charge in [-0.3, -0.25) is 4.79 Å². The molecule has 23 heavy (non-hydrogen) atoms. The van der Waals surface area contributed by atoms with E-state index < -0.39 is 5.97 Å². The van der Waals surface area contributed by atoms with E-state index in [0.717, 1.165) is 24.4 Å². The van der Waals surface area contributed by atoms with Gasteiger partial charge in [-0.25, -0.2) is 4.79 Å². The number of nitrogens with zero attached hydrogens (tertiary/aromatic N) is 1. The fraction of sp³-hybridized carbons (Fsp3) is 0.444. The fourth-order valence-corrected chi connectivity index (χ4v) is 3.95. The minimum atomic E-state index is -0.456. The molecular formula is C18H19NO4. The van der Waals surface area contributed by atoms with Gasteiger partial charge in [-0.05, 0) is 36.6 Å². The first-order chi connectivity index (χ1) is 11.1. The number of hydrogen-bond donors (Lipinski definition) is 0. The Labute approximate surface area is 134 Å². The van der Waals surface area contributed by atoms with Crippen LogP contribution in [0.5, 0.6) is 5.75 Å². The smallest absolute Gasteiger partial charge is 0.343 e. The van der Waals surface area contributed by atoms with Crippen molar-refractivity contribution in [2.24, 2.45) is 0 Å². The molecule has 120 valence electrons. The number of Topliss-reactive ketones (excluding diaryl/α,β-unsaturated/α-hetero) is 1. The number of carbonyl (C=O) groups excluding carboxylic acids is 2. The van der Waals surface area contributed by atoms with E-state index in [0.29, 0.717) is 12.8 Å². The fourth-order valence-electron chi connectivity index (χ4n) is 3.95. The molecular weight excluding hydrogens is 294 g/mol. The topological polar surface area (TPSA) is 55.8 Å². The summed E-state index contributed by atoms with van der Waals surface area (Å²) in [6, 6.07) is 6.07. The predicted octanol–water partition coefficient (Wildman–Crippen LogP) is 2.16. The van der Waals surface area contributed by atoms with Gasteiger partial charge in [0.25, 0.3) is 0 Å². The number of fused-ring (bicyclic) bond motifs is 4. The number of benzene rings is 1. The third-order valence-corrected chi connectivity index (χ3v) is 4.99. The number of hydrogen-bond acceptors (Lipinski definition) is 5. The first kappa shape index (κ1) is 14.3. The number of carbonyl (C=O) groups is 2. The highest BCUT2D eigenvalue weighted by Gasteiger charge is 2.43. The molecule has 1 aromatic rings. The van der Waals surface area contributed by atoms with Gasteiger partial charge >= 0.3 is 5.97 Å². The Morgan fingerprint density at radius 1 is 1.26 bits per heavy atom. The summed E-state index contributed by atoms with van der Waals surface area (Å²) < 4.78 is 10.5. The molecule has 0 aromatic heterocycles. The predicted molar refractivity (Wildman–Crippen MR) is 83.0 cm³/mol. The van der Waals surface area contributed by atoms with E-state index in [4.69, 9.17) is 9.47 Å². The van der Waals surface area contributed by atoms with Crippen LogP contribution < -0.4 is 4.74 Å². The first-order valence-electron chi connectivity index (χ1n) is 7.99. The molecule has 3 aliphatic rings. The van der Waals surface area contributed by atoms with E-state index in [1.165, 1.54) is 11.1 Å². The SMILES string of the molecule is COc1ccc2c(c1)CCN1C3=C(C(=O)C[C@@H]21)C(=O)O[C@H](C)C3. The number of cyclic esters (lactones) is 1. The van der Waals surface area contributed by atoms with Gasteiger partial charge in [-0.1, -0.05) is 6.07 Å². The molecule has 0 saturated carbocycles. The second-order valence-corrected chi connectivity index (χ2v) is 6.39. The average Bonchev–Trinajstić information content (AvgIpc) is 2.53. The third kappa shape index (κ3) is 2.14. The maximum atomic E-state index is 12.5. The molecule has 0 unspecified atom stereocenters. The Bertz CT molecular complexity index is 737. The van der Waals surface area contributed by atoms with Gasteiger partial charge in [0, 0.05) is 25.1 Å². The molecule has 0 amide bonds. The van der Waals surface area contributed by atoms with Gasteiger partial charge in [0.15, 0.2) is 5.78 Å². The summed E-state index contributed by atoms with van der Waals surface area (Å²) in [6.07, 6.45) is 1.67. The number of ketones is 1. The van der Waals surface area contributed by atoms with Crippen LogP contribution in [0.25, 0.3) is 0 Å². The van der Waals surface area contributed by atoms with Crippen LogP contribution >= 0.6 is 0 Å².